The molecular formula is C16H34O2S. The number of rotatable bonds is 12. The van der Waals surface area contributed by atoms with Gasteiger partial charge in [0.15, 0.2) is 0 Å². The molecule has 0 aromatic carbocycles. The minimum Gasteiger partial charge on any atom is -0.391 e. The summed E-state index contributed by atoms with van der Waals surface area (Å²) in [5.41, 5.74) is 0. The average molecular weight is 291 g/mol. The molecule has 19 heavy (non-hydrogen) atoms. The van der Waals surface area contributed by atoms with Crippen molar-refractivity contribution in [3.63, 3.8) is 0 Å². The molecule has 1 unspecified atom stereocenters. The zero-order chi connectivity index (χ0) is 13.6. The van der Waals surface area contributed by atoms with Crippen LogP contribution in [0.4, 0.5) is 0 Å². The predicted octanol–water partition coefficient (Wildman–Crippen LogP) is 6.14. The number of carbonyl (C=O) groups is 1. The molecule has 0 aromatic rings. The van der Waals surface area contributed by atoms with Crippen molar-refractivity contribution in [1.82, 2.24) is 0 Å². The molecule has 1 atom stereocenters. The highest BCUT2D eigenvalue weighted by Crippen LogP contribution is 2.22. The molecule has 0 aliphatic carbocycles. The van der Waals surface area contributed by atoms with Crippen LogP contribution in [0.15, 0.2) is 0 Å². The van der Waals surface area contributed by atoms with Crippen LogP contribution in [0.5, 0.6) is 0 Å². The number of hydrogen-bond donors (Lipinski definition) is 0. The van der Waals surface area contributed by atoms with Gasteiger partial charge in [0, 0.05) is 11.7 Å². The van der Waals surface area contributed by atoms with Crippen LogP contribution in [-0.2, 0) is 8.98 Å². The molecule has 0 heterocycles. The maximum absolute atomic E-state index is 11.1. The first-order valence-corrected chi connectivity index (χ1v) is 8.41. The predicted molar refractivity (Wildman–Crippen MR) is 87.4 cm³/mol. The Morgan fingerprint density at radius 3 is 2.11 bits per heavy atom. The van der Waals surface area contributed by atoms with E-state index in [2.05, 4.69) is 13.8 Å². The van der Waals surface area contributed by atoms with Crippen LogP contribution in [0.2, 0.25) is 0 Å². The lowest BCUT2D eigenvalue weighted by molar-refractivity contribution is -0.132. The third kappa shape index (κ3) is 14.0. The molecule has 0 spiro atoms. The Balaban J connectivity index is 0. The fourth-order valence-corrected chi connectivity index (χ4v) is 2.59. The van der Waals surface area contributed by atoms with E-state index in [1.807, 2.05) is 6.92 Å². The largest absolute Gasteiger partial charge is 0.391 e. The van der Waals surface area contributed by atoms with Gasteiger partial charge in [-0.05, 0) is 12.8 Å². The van der Waals surface area contributed by atoms with Crippen molar-refractivity contribution >= 4 is 18.0 Å². The van der Waals surface area contributed by atoms with Gasteiger partial charge >= 0.3 is 5.97 Å². The van der Waals surface area contributed by atoms with Crippen molar-refractivity contribution in [2.45, 2.75) is 97.7 Å². The maximum Gasteiger partial charge on any atom is 0.317 e. The van der Waals surface area contributed by atoms with Crippen molar-refractivity contribution < 1.29 is 8.98 Å². The van der Waals surface area contributed by atoms with E-state index in [9.17, 15) is 4.79 Å². The van der Waals surface area contributed by atoms with E-state index in [0.29, 0.717) is 11.7 Å². The minimum atomic E-state index is -0.0991. The standard InChI is InChI=1S/C15H30O2S.CH4/c1-4-7-8-9-10-11-12-13-14(5-2)18-17-15(16)6-3;/h14H,4-13H2,1-3H3;1H4. The lowest BCUT2D eigenvalue weighted by Gasteiger charge is -2.12. The van der Waals surface area contributed by atoms with E-state index >= 15 is 0 Å². The molecule has 0 rings (SSSR count). The van der Waals surface area contributed by atoms with Gasteiger partial charge in [-0.25, -0.2) is 0 Å². The maximum atomic E-state index is 11.1. The molecule has 0 saturated carbocycles. The lowest BCUT2D eigenvalue weighted by Crippen LogP contribution is -2.05. The van der Waals surface area contributed by atoms with Gasteiger partial charge in [0.1, 0.15) is 0 Å². The molecule has 0 fully saturated rings. The zero-order valence-electron chi connectivity index (χ0n) is 12.4. The van der Waals surface area contributed by atoms with Crippen LogP contribution in [0.3, 0.4) is 0 Å². The molecule has 0 aliphatic heterocycles. The van der Waals surface area contributed by atoms with Gasteiger partial charge in [-0.15, -0.1) is 0 Å². The Morgan fingerprint density at radius 2 is 1.58 bits per heavy atom. The summed E-state index contributed by atoms with van der Waals surface area (Å²) in [5, 5.41) is 0.483. The lowest BCUT2D eigenvalue weighted by atomic mass is 10.1. The molecule has 0 aliphatic rings. The average Bonchev–Trinajstić information content (AvgIpc) is 2.40. The van der Waals surface area contributed by atoms with Gasteiger partial charge in [0.25, 0.3) is 0 Å². The van der Waals surface area contributed by atoms with Gasteiger partial charge in [0.05, 0.1) is 12.0 Å². The summed E-state index contributed by atoms with van der Waals surface area (Å²) in [4.78, 5) is 11.1. The van der Waals surface area contributed by atoms with Crippen LogP contribution in [0.1, 0.15) is 92.4 Å². The third-order valence-corrected chi connectivity index (χ3v) is 4.27. The summed E-state index contributed by atoms with van der Waals surface area (Å²) in [6.07, 6.45) is 12.1. The van der Waals surface area contributed by atoms with Crippen LogP contribution in [0, 0.1) is 0 Å². The first kappa shape index (κ1) is 21.1. The van der Waals surface area contributed by atoms with Crippen LogP contribution >= 0.6 is 12.0 Å². The van der Waals surface area contributed by atoms with Crippen molar-refractivity contribution in [1.29, 1.82) is 0 Å². The zero-order valence-corrected chi connectivity index (χ0v) is 13.2. The minimum absolute atomic E-state index is 0. The van der Waals surface area contributed by atoms with Crippen molar-refractivity contribution in [3.8, 4) is 0 Å². The number of carbonyl (C=O) groups excluding carboxylic acids is 1. The Kier molecular flexibility index (Phi) is 17.7. The second-order valence-corrected chi connectivity index (χ2v) is 5.87. The SMILES string of the molecule is C.CCCCCCCCCC(CC)SOC(=O)CC. The molecule has 2 nitrogen and oxygen atoms in total. The van der Waals surface area contributed by atoms with Gasteiger partial charge in [-0.2, -0.15) is 0 Å². The summed E-state index contributed by atoms with van der Waals surface area (Å²) in [6.45, 7) is 6.25. The van der Waals surface area contributed by atoms with Crippen LogP contribution in [0.25, 0.3) is 0 Å². The van der Waals surface area contributed by atoms with Crippen molar-refractivity contribution in [2.75, 3.05) is 0 Å². The monoisotopic (exact) mass is 290 g/mol. The second kappa shape index (κ2) is 15.9. The second-order valence-electron chi connectivity index (χ2n) is 4.85. The quantitative estimate of drug-likeness (QED) is 0.319. The third-order valence-electron chi connectivity index (χ3n) is 3.15. The van der Waals surface area contributed by atoms with Crippen molar-refractivity contribution in [3.05, 3.63) is 0 Å². The highest BCUT2D eigenvalue weighted by atomic mass is 32.2. The molecule has 0 aromatic heterocycles. The van der Waals surface area contributed by atoms with E-state index in [-0.39, 0.29) is 13.4 Å². The molecular weight excluding hydrogens is 256 g/mol. The molecule has 0 bridgehead atoms. The summed E-state index contributed by atoms with van der Waals surface area (Å²) in [6, 6.07) is 0. The summed E-state index contributed by atoms with van der Waals surface area (Å²) in [5.74, 6) is -0.0991. The molecule has 116 valence electrons. The van der Waals surface area contributed by atoms with E-state index in [0.717, 1.165) is 6.42 Å². The van der Waals surface area contributed by atoms with Crippen molar-refractivity contribution in [2.24, 2.45) is 0 Å². The van der Waals surface area contributed by atoms with Gasteiger partial charge in [-0.1, -0.05) is 73.1 Å². The van der Waals surface area contributed by atoms with E-state index in [1.54, 1.807) is 0 Å². The van der Waals surface area contributed by atoms with Crippen LogP contribution in [-0.4, -0.2) is 11.2 Å². The number of hydrogen-bond acceptors (Lipinski definition) is 3. The Bertz CT molecular complexity index is 195. The highest BCUT2D eigenvalue weighted by Gasteiger charge is 2.10. The first-order valence-electron chi connectivity index (χ1n) is 7.60. The fourth-order valence-electron chi connectivity index (χ4n) is 1.83. The first-order chi connectivity index (χ1) is 8.74. The molecule has 0 radical (unpaired) electrons. The summed E-state index contributed by atoms with van der Waals surface area (Å²) in [7, 11) is 0. The molecule has 0 amide bonds. The van der Waals surface area contributed by atoms with Crippen LogP contribution < -0.4 is 0 Å². The Morgan fingerprint density at radius 1 is 1.00 bits per heavy atom. The normalized spacial score (nSPS) is 11.7. The Hall–Kier alpha value is -0.180. The van der Waals surface area contributed by atoms with E-state index in [1.165, 1.54) is 63.4 Å². The fraction of sp³-hybridized carbons (Fsp3) is 0.938. The summed E-state index contributed by atoms with van der Waals surface area (Å²) < 4.78 is 5.13. The highest BCUT2D eigenvalue weighted by molar-refractivity contribution is 7.95. The van der Waals surface area contributed by atoms with Gasteiger partial charge in [-0.3, -0.25) is 4.79 Å². The molecule has 3 heteroatoms. The number of unbranched alkanes of at least 4 members (excludes halogenated alkanes) is 6. The summed E-state index contributed by atoms with van der Waals surface area (Å²) >= 11 is 1.38. The van der Waals surface area contributed by atoms with Gasteiger partial charge < -0.3 is 4.18 Å². The van der Waals surface area contributed by atoms with E-state index < -0.39 is 0 Å². The van der Waals surface area contributed by atoms with E-state index in [4.69, 9.17) is 4.18 Å². The topological polar surface area (TPSA) is 26.3 Å². The Labute approximate surface area is 125 Å². The smallest absolute Gasteiger partial charge is 0.317 e. The van der Waals surface area contributed by atoms with Gasteiger partial charge in [0.2, 0.25) is 0 Å². The molecule has 0 saturated heterocycles. The molecule has 0 N–H and O–H groups in total.